The van der Waals surface area contributed by atoms with Gasteiger partial charge in [-0.25, -0.2) is 0 Å². The highest BCUT2D eigenvalue weighted by Crippen LogP contribution is 2.35. The number of hydrogen-bond acceptors (Lipinski definition) is 6. The van der Waals surface area contributed by atoms with Crippen LogP contribution in [0.3, 0.4) is 0 Å². The fourth-order valence-electron chi connectivity index (χ4n) is 1.92. The van der Waals surface area contributed by atoms with Crippen molar-refractivity contribution in [2.75, 3.05) is 7.11 Å². The standard InChI is InChI=1S/C13H14N4O2S/c1-7(2)11-14-15-13-17(11)16-12(20-13)9-5-4-8(19-3)6-10(9)18/h4-7,18H,1-3H3. The van der Waals surface area contributed by atoms with E-state index in [1.54, 1.807) is 29.8 Å². The first kappa shape index (κ1) is 12.9. The number of phenols is 1. The lowest BCUT2D eigenvalue weighted by Gasteiger charge is -2.03. The molecule has 20 heavy (non-hydrogen) atoms. The molecule has 0 atom stereocenters. The van der Waals surface area contributed by atoms with Gasteiger partial charge in [-0.2, -0.15) is 9.61 Å². The third-order valence-electron chi connectivity index (χ3n) is 2.97. The van der Waals surface area contributed by atoms with Crippen LogP contribution in [0.1, 0.15) is 25.6 Å². The summed E-state index contributed by atoms with van der Waals surface area (Å²) in [4.78, 5) is 0.721. The SMILES string of the molecule is COc1ccc(-c2nn3c(C(C)C)nnc3s2)c(O)c1. The molecule has 3 rings (SSSR count). The van der Waals surface area contributed by atoms with Crippen molar-refractivity contribution in [1.29, 1.82) is 0 Å². The zero-order valence-electron chi connectivity index (χ0n) is 11.4. The number of aromatic hydroxyl groups is 1. The molecule has 2 aromatic heterocycles. The Bertz CT molecular complexity index is 763. The van der Waals surface area contributed by atoms with E-state index >= 15 is 0 Å². The Labute approximate surface area is 119 Å². The zero-order valence-corrected chi connectivity index (χ0v) is 12.2. The smallest absolute Gasteiger partial charge is 0.234 e. The van der Waals surface area contributed by atoms with Crippen LogP contribution in [0.5, 0.6) is 11.5 Å². The summed E-state index contributed by atoms with van der Waals surface area (Å²) in [5.41, 5.74) is 0.663. The van der Waals surface area contributed by atoms with Crippen LogP contribution in [-0.4, -0.2) is 32.0 Å². The number of fused-ring (bicyclic) bond motifs is 1. The summed E-state index contributed by atoms with van der Waals surface area (Å²) in [6.45, 7) is 4.08. The summed E-state index contributed by atoms with van der Waals surface area (Å²) in [5, 5.41) is 23.5. The van der Waals surface area contributed by atoms with Gasteiger partial charge in [-0.3, -0.25) is 0 Å². The van der Waals surface area contributed by atoms with Crippen LogP contribution in [0.4, 0.5) is 0 Å². The van der Waals surface area contributed by atoms with Crippen LogP contribution in [0.25, 0.3) is 15.5 Å². The minimum atomic E-state index is 0.139. The predicted molar refractivity (Wildman–Crippen MR) is 76.4 cm³/mol. The molecule has 0 radical (unpaired) electrons. The maximum Gasteiger partial charge on any atom is 0.234 e. The lowest BCUT2D eigenvalue weighted by Crippen LogP contribution is -1.97. The fraction of sp³-hybridized carbons (Fsp3) is 0.308. The highest BCUT2D eigenvalue weighted by atomic mass is 32.1. The van der Waals surface area contributed by atoms with Crippen LogP contribution in [0, 0.1) is 0 Å². The van der Waals surface area contributed by atoms with Crippen molar-refractivity contribution < 1.29 is 9.84 Å². The Morgan fingerprint density at radius 3 is 2.75 bits per heavy atom. The van der Waals surface area contributed by atoms with Gasteiger partial charge in [0, 0.05) is 12.0 Å². The van der Waals surface area contributed by atoms with E-state index in [0.717, 1.165) is 10.8 Å². The molecule has 1 N–H and O–H groups in total. The van der Waals surface area contributed by atoms with Gasteiger partial charge in [0.1, 0.15) is 11.5 Å². The Balaban J connectivity index is 2.10. The molecule has 0 saturated heterocycles. The number of hydrogen-bond donors (Lipinski definition) is 1. The Hall–Kier alpha value is -2.15. The van der Waals surface area contributed by atoms with E-state index in [-0.39, 0.29) is 11.7 Å². The Kier molecular flexibility index (Phi) is 3.06. The fourth-order valence-corrected chi connectivity index (χ4v) is 2.80. The molecule has 0 spiro atoms. The number of nitrogens with zero attached hydrogens (tertiary/aromatic N) is 4. The van der Waals surface area contributed by atoms with Crippen LogP contribution in [0.15, 0.2) is 18.2 Å². The molecule has 0 fully saturated rings. The second-order valence-electron chi connectivity index (χ2n) is 4.70. The molecular weight excluding hydrogens is 276 g/mol. The molecule has 0 aliphatic carbocycles. The van der Waals surface area contributed by atoms with E-state index in [1.165, 1.54) is 11.3 Å². The van der Waals surface area contributed by atoms with E-state index in [2.05, 4.69) is 15.3 Å². The van der Waals surface area contributed by atoms with Gasteiger partial charge in [0.15, 0.2) is 10.8 Å². The minimum Gasteiger partial charge on any atom is -0.507 e. The molecule has 0 aliphatic rings. The van der Waals surface area contributed by atoms with Gasteiger partial charge in [0.2, 0.25) is 4.96 Å². The summed E-state index contributed by atoms with van der Waals surface area (Å²) in [6, 6.07) is 5.15. The van der Waals surface area contributed by atoms with E-state index in [4.69, 9.17) is 4.74 Å². The molecular formula is C13H14N4O2S. The molecule has 3 aromatic rings. The summed E-state index contributed by atoms with van der Waals surface area (Å²) in [5.74, 6) is 1.80. The van der Waals surface area contributed by atoms with E-state index < -0.39 is 0 Å². The van der Waals surface area contributed by atoms with Crippen LogP contribution in [-0.2, 0) is 0 Å². The molecule has 0 saturated carbocycles. The van der Waals surface area contributed by atoms with Crippen molar-refractivity contribution in [1.82, 2.24) is 19.8 Å². The topological polar surface area (TPSA) is 72.5 Å². The number of ether oxygens (including phenoxy) is 1. The van der Waals surface area contributed by atoms with Crippen molar-refractivity contribution in [2.45, 2.75) is 19.8 Å². The first-order chi connectivity index (χ1) is 9.60. The molecule has 0 unspecified atom stereocenters. The molecule has 2 heterocycles. The van der Waals surface area contributed by atoms with Gasteiger partial charge in [0.25, 0.3) is 0 Å². The largest absolute Gasteiger partial charge is 0.507 e. The number of phenolic OH excluding ortho intramolecular Hbond substituents is 1. The van der Waals surface area contributed by atoms with E-state index in [1.807, 2.05) is 13.8 Å². The quantitative estimate of drug-likeness (QED) is 0.803. The second-order valence-corrected chi connectivity index (χ2v) is 5.65. The van der Waals surface area contributed by atoms with Crippen molar-refractivity contribution in [3.63, 3.8) is 0 Å². The first-order valence-corrected chi connectivity index (χ1v) is 7.01. The lowest BCUT2D eigenvalue weighted by molar-refractivity contribution is 0.408. The highest BCUT2D eigenvalue weighted by molar-refractivity contribution is 7.19. The number of aromatic nitrogens is 4. The molecule has 6 nitrogen and oxygen atoms in total. The van der Waals surface area contributed by atoms with Crippen molar-refractivity contribution in [2.24, 2.45) is 0 Å². The normalized spacial score (nSPS) is 11.4. The third-order valence-corrected chi connectivity index (χ3v) is 3.90. The van der Waals surface area contributed by atoms with Crippen molar-refractivity contribution in [3.8, 4) is 22.1 Å². The minimum absolute atomic E-state index is 0.139. The number of rotatable bonds is 3. The summed E-state index contributed by atoms with van der Waals surface area (Å²) in [6.07, 6.45) is 0. The second kappa shape index (κ2) is 4.75. The average Bonchev–Trinajstić information content (AvgIpc) is 2.97. The van der Waals surface area contributed by atoms with Crippen LogP contribution in [0.2, 0.25) is 0 Å². The molecule has 7 heteroatoms. The zero-order chi connectivity index (χ0) is 14.3. The monoisotopic (exact) mass is 290 g/mol. The first-order valence-electron chi connectivity index (χ1n) is 6.19. The van der Waals surface area contributed by atoms with Crippen molar-refractivity contribution >= 4 is 16.3 Å². The summed E-state index contributed by atoms with van der Waals surface area (Å²) < 4.78 is 6.81. The van der Waals surface area contributed by atoms with Gasteiger partial charge < -0.3 is 9.84 Å². The van der Waals surface area contributed by atoms with Crippen molar-refractivity contribution in [3.05, 3.63) is 24.0 Å². The molecule has 104 valence electrons. The van der Waals surface area contributed by atoms with Gasteiger partial charge in [-0.1, -0.05) is 25.2 Å². The lowest BCUT2D eigenvalue weighted by atomic mass is 10.2. The molecule has 1 aromatic carbocycles. The van der Waals surface area contributed by atoms with Gasteiger partial charge in [0.05, 0.1) is 12.7 Å². The van der Waals surface area contributed by atoms with E-state index in [0.29, 0.717) is 16.3 Å². The van der Waals surface area contributed by atoms with Gasteiger partial charge >= 0.3 is 0 Å². The number of benzene rings is 1. The summed E-state index contributed by atoms with van der Waals surface area (Å²) >= 11 is 1.39. The Morgan fingerprint density at radius 1 is 1.30 bits per heavy atom. The maximum absolute atomic E-state index is 10.1. The van der Waals surface area contributed by atoms with Crippen LogP contribution < -0.4 is 4.74 Å². The summed E-state index contributed by atoms with van der Waals surface area (Å²) in [7, 11) is 1.56. The third kappa shape index (κ3) is 2.00. The van der Waals surface area contributed by atoms with E-state index in [9.17, 15) is 5.11 Å². The average molecular weight is 290 g/mol. The Morgan fingerprint density at radius 2 is 2.10 bits per heavy atom. The molecule has 0 aliphatic heterocycles. The van der Waals surface area contributed by atoms with Crippen LogP contribution >= 0.6 is 11.3 Å². The highest BCUT2D eigenvalue weighted by Gasteiger charge is 2.17. The van der Waals surface area contributed by atoms with Gasteiger partial charge in [-0.05, 0) is 12.1 Å². The molecule has 0 amide bonds. The maximum atomic E-state index is 10.1. The van der Waals surface area contributed by atoms with Gasteiger partial charge in [-0.15, -0.1) is 10.2 Å². The predicted octanol–water partition coefficient (Wildman–Crippen LogP) is 2.69. The number of methoxy groups -OCH3 is 1. The molecule has 0 bridgehead atoms.